The molecule has 1 heterocycles. The highest BCUT2D eigenvalue weighted by atomic mass is 35.5. The van der Waals surface area contributed by atoms with Crippen LogP contribution in [0.15, 0.2) is 54.6 Å². The number of aryl methyl sites for hydroxylation is 1. The van der Waals surface area contributed by atoms with E-state index in [-0.39, 0.29) is 38.4 Å². The normalized spacial score (nSPS) is 11.0. The number of hydrogen-bond acceptors (Lipinski definition) is 6. The third-order valence-electron chi connectivity index (χ3n) is 5.28. The molecule has 4 rings (SSSR count). The van der Waals surface area contributed by atoms with Gasteiger partial charge in [-0.3, -0.25) is 4.79 Å². The highest BCUT2D eigenvalue weighted by molar-refractivity contribution is 6.59. The summed E-state index contributed by atoms with van der Waals surface area (Å²) >= 11 is 6.27. The van der Waals surface area contributed by atoms with Gasteiger partial charge in [-0.05, 0) is 48.3 Å². The summed E-state index contributed by atoms with van der Waals surface area (Å²) in [6, 6.07) is 13.1. The van der Waals surface area contributed by atoms with E-state index >= 15 is 0 Å². The van der Waals surface area contributed by atoms with E-state index < -0.39 is 24.8 Å². The second kappa shape index (κ2) is 8.78. The number of rotatable bonds is 4. The lowest BCUT2D eigenvalue weighted by molar-refractivity contribution is 0.0600. The first-order chi connectivity index (χ1) is 15.7. The zero-order valence-corrected chi connectivity index (χ0v) is 18.3. The van der Waals surface area contributed by atoms with Crippen molar-refractivity contribution in [3.8, 4) is 11.3 Å². The average Bonchev–Trinajstić information content (AvgIpc) is 3.16. The van der Waals surface area contributed by atoms with Crippen molar-refractivity contribution in [2.45, 2.75) is 6.92 Å². The fraction of sp³-hybridized carbons (Fsp3) is 0.0870. The van der Waals surface area contributed by atoms with Gasteiger partial charge in [0.1, 0.15) is 11.5 Å². The summed E-state index contributed by atoms with van der Waals surface area (Å²) in [4.78, 5) is 25.2. The summed E-state index contributed by atoms with van der Waals surface area (Å²) < 4.78 is 20.7. The predicted octanol–water partition coefficient (Wildman–Crippen LogP) is 2.96. The Labute approximate surface area is 193 Å². The lowest BCUT2D eigenvalue weighted by Crippen LogP contribution is -2.29. The molecule has 0 unspecified atom stereocenters. The summed E-state index contributed by atoms with van der Waals surface area (Å²) in [7, 11) is -0.590. The van der Waals surface area contributed by atoms with E-state index in [9.17, 15) is 24.0 Å². The quantitative estimate of drug-likeness (QED) is 0.354. The van der Waals surface area contributed by atoms with Gasteiger partial charge in [0, 0.05) is 10.9 Å². The molecule has 0 fully saturated rings. The number of benzene rings is 3. The molecule has 0 atom stereocenters. The Balaban J connectivity index is 1.96. The standard InChI is InChI=1S/C23H17BClFN2O5/c1-12-4-3-5-17(25)20(12)22(29)28-19-11-14(24(31)32)7-9-16(19)21(27-28)15-8-6-13(10-18(15)26)23(30)33-2/h3-11,31-32H,1-2H3. The fourth-order valence-electron chi connectivity index (χ4n) is 3.61. The highest BCUT2D eigenvalue weighted by Gasteiger charge is 2.24. The molecule has 166 valence electrons. The molecular formula is C23H17BClFN2O5. The van der Waals surface area contributed by atoms with Gasteiger partial charge in [0.25, 0.3) is 5.91 Å². The SMILES string of the molecule is COC(=O)c1ccc(-c2nn(C(=O)c3c(C)cccc3Cl)c3cc(B(O)O)ccc23)c(F)c1. The minimum atomic E-state index is -1.78. The number of methoxy groups -OCH3 is 1. The van der Waals surface area contributed by atoms with E-state index in [0.717, 1.165) is 10.7 Å². The van der Waals surface area contributed by atoms with Crippen LogP contribution in [0.3, 0.4) is 0 Å². The van der Waals surface area contributed by atoms with Crippen LogP contribution in [0, 0.1) is 12.7 Å². The molecule has 0 saturated heterocycles. The topological polar surface area (TPSA) is 102 Å². The molecule has 3 aromatic carbocycles. The lowest BCUT2D eigenvalue weighted by Gasteiger charge is -2.08. The monoisotopic (exact) mass is 466 g/mol. The first kappa shape index (κ1) is 22.7. The Morgan fingerprint density at radius 2 is 1.88 bits per heavy atom. The summed E-state index contributed by atoms with van der Waals surface area (Å²) in [5.41, 5.74) is 1.40. The fourth-order valence-corrected chi connectivity index (χ4v) is 3.91. The maximum Gasteiger partial charge on any atom is 0.488 e. The minimum Gasteiger partial charge on any atom is -0.465 e. The lowest BCUT2D eigenvalue weighted by atomic mass is 9.80. The van der Waals surface area contributed by atoms with Crippen molar-refractivity contribution >= 4 is 47.0 Å². The number of aromatic nitrogens is 2. The van der Waals surface area contributed by atoms with Gasteiger partial charge in [0.05, 0.1) is 28.8 Å². The number of ether oxygens (including phenoxy) is 1. The maximum atomic E-state index is 15.0. The van der Waals surface area contributed by atoms with E-state index in [1.807, 2.05) is 0 Å². The molecule has 2 N–H and O–H groups in total. The van der Waals surface area contributed by atoms with Crippen LogP contribution in [-0.4, -0.2) is 45.9 Å². The van der Waals surface area contributed by atoms with E-state index in [2.05, 4.69) is 9.84 Å². The van der Waals surface area contributed by atoms with E-state index in [0.29, 0.717) is 10.9 Å². The zero-order chi connectivity index (χ0) is 23.9. The summed E-state index contributed by atoms with van der Waals surface area (Å²) in [5, 5.41) is 24.2. The smallest absolute Gasteiger partial charge is 0.465 e. The molecule has 0 radical (unpaired) electrons. The predicted molar refractivity (Wildman–Crippen MR) is 122 cm³/mol. The van der Waals surface area contributed by atoms with Gasteiger partial charge in [0.2, 0.25) is 0 Å². The molecule has 0 aliphatic rings. The van der Waals surface area contributed by atoms with Gasteiger partial charge in [0.15, 0.2) is 0 Å². The second-order valence-corrected chi connectivity index (χ2v) is 7.74. The molecule has 10 heteroatoms. The van der Waals surface area contributed by atoms with Crippen molar-refractivity contribution in [2.24, 2.45) is 0 Å². The molecule has 33 heavy (non-hydrogen) atoms. The van der Waals surface area contributed by atoms with Crippen LogP contribution in [0.1, 0.15) is 26.3 Å². The molecule has 0 amide bonds. The Hall–Kier alpha value is -3.53. The van der Waals surface area contributed by atoms with Crippen LogP contribution >= 0.6 is 11.6 Å². The van der Waals surface area contributed by atoms with Crippen molar-refractivity contribution in [1.29, 1.82) is 0 Å². The molecule has 7 nitrogen and oxygen atoms in total. The Kier molecular flexibility index (Phi) is 6.03. The molecule has 0 spiro atoms. The molecule has 0 aliphatic carbocycles. The van der Waals surface area contributed by atoms with Gasteiger partial charge in [-0.15, -0.1) is 0 Å². The van der Waals surface area contributed by atoms with E-state index in [1.165, 1.54) is 37.4 Å². The third kappa shape index (κ3) is 4.02. The van der Waals surface area contributed by atoms with Crippen molar-refractivity contribution in [2.75, 3.05) is 7.11 Å². The van der Waals surface area contributed by atoms with Crippen LogP contribution in [-0.2, 0) is 4.74 Å². The number of halogens is 2. The van der Waals surface area contributed by atoms with Crippen LogP contribution < -0.4 is 5.46 Å². The molecule has 4 aromatic rings. The van der Waals surface area contributed by atoms with Gasteiger partial charge < -0.3 is 14.8 Å². The number of carbonyl (C=O) groups is 2. The molecule has 1 aromatic heterocycles. The first-order valence-electron chi connectivity index (χ1n) is 9.79. The van der Waals surface area contributed by atoms with Crippen LogP contribution in [0.5, 0.6) is 0 Å². The first-order valence-corrected chi connectivity index (χ1v) is 10.2. The number of hydrogen-bond donors (Lipinski definition) is 2. The van der Waals surface area contributed by atoms with E-state index in [1.54, 1.807) is 25.1 Å². The zero-order valence-electron chi connectivity index (χ0n) is 17.5. The van der Waals surface area contributed by atoms with Crippen molar-refractivity contribution in [3.63, 3.8) is 0 Å². The maximum absolute atomic E-state index is 15.0. The summed E-state index contributed by atoms with van der Waals surface area (Å²) in [5.74, 6) is -2.00. The molecule has 0 bridgehead atoms. The largest absolute Gasteiger partial charge is 0.488 e. The van der Waals surface area contributed by atoms with Crippen molar-refractivity contribution in [1.82, 2.24) is 9.78 Å². The summed E-state index contributed by atoms with van der Waals surface area (Å²) in [6.45, 7) is 1.72. The Morgan fingerprint density at radius 1 is 1.12 bits per heavy atom. The number of esters is 1. The Bertz CT molecular complexity index is 1400. The van der Waals surface area contributed by atoms with Crippen LogP contribution in [0.4, 0.5) is 4.39 Å². The molecule has 0 saturated carbocycles. The van der Waals surface area contributed by atoms with Crippen molar-refractivity contribution < 1.29 is 28.8 Å². The van der Waals surface area contributed by atoms with Crippen molar-refractivity contribution in [3.05, 3.63) is 82.1 Å². The highest BCUT2D eigenvalue weighted by Crippen LogP contribution is 2.31. The van der Waals surface area contributed by atoms with Crippen LogP contribution in [0.25, 0.3) is 22.2 Å². The summed E-state index contributed by atoms with van der Waals surface area (Å²) in [6.07, 6.45) is 0. The third-order valence-corrected chi connectivity index (χ3v) is 5.59. The number of fused-ring (bicyclic) bond motifs is 1. The average molecular weight is 467 g/mol. The number of carbonyl (C=O) groups excluding carboxylic acids is 2. The minimum absolute atomic E-state index is 0.0240. The van der Waals surface area contributed by atoms with Gasteiger partial charge >= 0.3 is 13.1 Å². The van der Waals surface area contributed by atoms with Gasteiger partial charge in [-0.1, -0.05) is 35.9 Å². The second-order valence-electron chi connectivity index (χ2n) is 7.33. The van der Waals surface area contributed by atoms with Gasteiger partial charge in [-0.25, -0.2) is 9.18 Å². The number of nitrogens with zero attached hydrogens (tertiary/aromatic N) is 2. The Morgan fingerprint density at radius 3 is 2.52 bits per heavy atom. The molecule has 0 aliphatic heterocycles. The van der Waals surface area contributed by atoms with Crippen LogP contribution in [0.2, 0.25) is 5.02 Å². The van der Waals surface area contributed by atoms with E-state index in [4.69, 9.17) is 11.6 Å². The molecular weight excluding hydrogens is 450 g/mol. The van der Waals surface area contributed by atoms with Gasteiger partial charge in [-0.2, -0.15) is 9.78 Å².